The largest absolute Gasteiger partial charge is 0.478 e. The van der Waals surface area contributed by atoms with Crippen molar-refractivity contribution >= 4 is 11.7 Å². The number of halogens is 3. The fourth-order valence-corrected chi connectivity index (χ4v) is 3.52. The van der Waals surface area contributed by atoms with Gasteiger partial charge in [-0.3, -0.25) is 0 Å². The topological polar surface area (TPSA) is 60.5 Å². The van der Waals surface area contributed by atoms with E-state index < -0.39 is 23.6 Å². The number of rotatable bonds is 5. The van der Waals surface area contributed by atoms with Gasteiger partial charge in [0, 0.05) is 23.1 Å². The van der Waals surface area contributed by atoms with Crippen molar-refractivity contribution in [2.45, 2.75) is 32.9 Å². The van der Waals surface area contributed by atoms with Crippen molar-refractivity contribution in [3.05, 3.63) is 64.5 Å². The first-order valence-electron chi connectivity index (χ1n) is 9.22. The number of hydrogen-bond acceptors (Lipinski definition) is 5. The van der Waals surface area contributed by atoms with Gasteiger partial charge < -0.3 is 14.8 Å². The molecule has 0 fully saturated rings. The molecule has 5 nitrogen and oxygen atoms in total. The van der Waals surface area contributed by atoms with Gasteiger partial charge in [-0.05, 0) is 38.5 Å². The lowest BCUT2D eigenvalue weighted by Gasteiger charge is -2.32. The Kier molecular flexibility index (Phi) is 5.81. The van der Waals surface area contributed by atoms with Crippen molar-refractivity contribution < 1.29 is 27.4 Å². The van der Waals surface area contributed by atoms with Gasteiger partial charge in [-0.1, -0.05) is 18.2 Å². The minimum Gasteiger partial charge on any atom is -0.478 e. The van der Waals surface area contributed by atoms with E-state index in [0.717, 1.165) is 6.07 Å². The van der Waals surface area contributed by atoms with Crippen molar-refractivity contribution in [2.24, 2.45) is 0 Å². The smallest absolute Gasteiger partial charge is 0.416 e. The third kappa shape index (κ3) is 3.92. The zero-order valence-electron chi connectivity index (χ0n) is 16.3. The number of carbonyl (C=O) groups is 1. The highest BCUT2D eigenvalue weighted by molar-refractivity contribution is 5.95. The molecule has 1 unspecified atom stereocenters. The van der Waals surface area contributed by atoms with Crippen LogP contribution < -0.4 is 10.1 Å². The summed E-state index contributed by atoms with van der Waals surface area (Å²) in [6.45, 7) is 5.41. The van der Waals surface area contributed by atoms with E-state index in [0.29, 0.717) is 16.9 Å². The Labute approximate surface area is 166 Å². The molecule has 8 heteroatoms. The molecule has 2 heterocycles. The molecule has 0 spiro atoms. The van der Waals surface area contributed by atoms with Gasteiger partial charge in [-0.15, -0.1) is 0 Å². The average molecular weight is 406 g/mol. The van der Waals surface area contributed by atoms with Crippen LogP contribution in [0.15, 0.2) is 47.8 Å². The summed E-state index contributed by atoms with van der Waals surface area (Å²) in [6, 6.07) is 6.86. The fourth-order valence-electron chi connectivity index (χ4n) is 3.52. The number of nitrogens with one attached hydrogen (secondary N) is 1. The molecule has 1 atom stereocenters. The molecule has 1 N–H and O–H groups in total. The monoisotopic (exact) mass is 406 g/mol. The first-order chi connectivity index (χ1) is 13.8. The number of allylic oxidation sites excluding steroid dienone is 1. The maximum Gasteiger partial charge on any atom is 0.416 e. The molecular formula is C21H21F3N2O3. The Morgan fingerprint density at radius 3 is 2.55 bits per heavy atom. The van der Waals surface area contributed by atoms with Crippen molar-refractivity contribution in [3.8, 4) is 5.88 Å². The standard InChI is InChI=1S/C21H21F3N2O3/c1-4-28-19-18-15(10-11-25-19)26-12(3)16(20(27)29-5-2)17(18)13-8-6-7-9-14(13)21(22,23)24/h6-11,17,26H,4-5H2,1-3H3. The van der Waals surface area contributed by atoms with Crippen molar-refractivity contribution in [1.82, 2.24) is 4.98 Å². The van der Waals surface area contributed by atoms with Gasteiger partial charge in [-0.25, -0.2) is 9.78 Å². The molecule has 0 bridgehead atoms. The lowest BCUT2D eigenvalue weighted by Crippen LogP contribution is -2.27. The highest BCUT2D eigenvalue weighted by Crippen LogP contribution is 2.48. The predicted octanol–water partition coefficient (Wildman–Crippen LogP) is 4.89. The number of hydrogen-bond donors (Lipinski definition) is 1. The molecule has 1 aromatic carbocycles. The molecule has 0 radical (unpaired) electrons. The summed E-state index contributed by atoms with van der Waals surface area (Å²) < 4.78 is 52.2. The number of pyridine rings is 1. The van der Waals surface area contributed by atoms with E-state index in [-0.39, 0.29) is 30.2 Å². The number of fused-ring (bicyclic) bond motifs is 1. The molecule has 0 amide bonds. The maximum atomic E-state index is 13.8. The van der Waals surface area contributed by atoms with Crippen molar-refractivity contribution in [2.75, 3.05) is 18.5 Å². The molecular weight excluding hydrogens is 385 g/mol. The van der Waals surface area contributed by atoms with E-state index in [4.69, 9.17) is 9.47 Å². The molecule has 2 aromatic rings. The number of carbonyl (C=O) groups excluding carboxylic acids is 1. The summed E-state index contributed by atoms with van der Waals surface area (Å²) in [6.07, 6.45) is -3.09. The molecule has 29 heavy (non-hydrogen) atoms. The predicted molar refractivity (Wildman–Crippen MR) is 102 cm³/mol. The number of nitrogens with zero attached hydrogens (tertiary/aromatic N) is 1. The Morgan fingerprint density at radius 2 is 1.90 bits per heavy atom. The summed E-state index contributed by atoms with van der Waals surface area (Å²) in [5.41, 5.74) is 0.560. The summed E-state index contributed by atoms with van der Waals surface area (Å²) in [4.78, 5) is 17.0. The molecule has 154 valence electrons. The Balaban J connectivity index is 2.33. The van der Waals surface area contributed by atoms with Crippen LogP contribution in [0.25, 0.3) is 0 Å². The Morgan fingerprint density at radius 1 is 1.17 bits per heavy atom. The van der Waals surface area contributed by atoms with Gasteiger partial charge in [0.1, 0.15) is 0 Å². The van der Waals surface area contributed by atoms with E-state index in [9.17, 15) is 18.0 Å². The van der Waals surface area contributed by atoms with E-state index in [2.05, 4.69) is 10.3 Å². The normalized spacial score (nSPS) is 16.1. The second-order valence-corrected chi connectivity index (χ2v) is 6.41. The summed E-state index contributed by atoms with van der Waals surface area (Å²) in [5, 5.41) is 3.08. The second-order valence-electron chi connectivity index (χ2n) is 6.41. The molecule has 0 saturated carbocycles. The number of anilines is 1. The zero-order valence-corrected chi connectivity index (χ0v) is 16.3. The van der Waals surface area contributed by atoms with Gasteiger partial charge in [-0.2, -0.15) is 13.2 Å². The Hall–Kier alpha value is -3.03. The van der Waals surface area contributed by atoms with E-state index in [1.807, 2.05) is 0 Å². The van der Waals surface area contributed by atoms with Crippen LogP contribution in [0.1, 0.15) is 43.4 Å². The molecule has 0 saturated heterocycles. The number of aromatic nitrogens is 1. The third-order valence-corrected chi connectivity index (χ3v) is 4.61. The number of alkyl halides is 3. The van der Waals surface area contributed by atoms with Gasteiger partial charge in [0.15, 0.2) is 0 Å². The minimum absolute atomic E-state index is 0.0564. The molecule has 1 aliphatic rings. The highest BCUT2D eigenvalue weighted by atomic mass is 19.4. The van der Waals surface area contributed by atoms with Gasteiger partial charge >= 0.3 is 12.1 Å². The molecule has 3 rings (SSSR count). The van der Waals surface area contributed by atoms with Crippen LogP contribution in [0, 0.1) is 0 Å². The summed E-state index contributed by atoms with van der Waals surface area (Å²) in [7, 11) is 0. The lowest BCUT2D eigenvalue weighted by atomic mass is 9.79. The summed E-state index contributed by atoms with van der Waals surface area (Å²) >= 11 is 0. The number of benzene rings is 1. The van der Waals surface area contributed by atoms with Gasteiger partial charge in [0.25, 0.3) is 0 Å². The highest BCUT2D eigenvalue weighted by Gasteiger charge is 2.41. The van der Waals surface area contributed by atoms with Crippen molar-refractivity contribution in [1.29, 1.82) is 0 Å². The van der Waals surface area contributed by atoms with E-state index >= 15 is 0 Å². The first-order valence-corrected chi connectivity index (χ1v) is 9.22. The van der Waals surface area contributed by atoms with Crippen LogP contribution in [-0.4, -0.2) is 24.2 Å². The second kappa shape index (κ2) is 8.14. The number of ether oxygens (including phenoxy) is 2. The molecule has 0 aliphatic carbocycles. The fraction of sp³-hybridized carbons (Fsp3) is 0.333. The van der Waals surface area contributed by atoms with Crippen LogP contribution in [0.4, 0.5) is 18.9 Å². The molecule has 1 aromatic heterocycles. The number of esters is 1. The molecule has 1 aliphatic heterocycles. The zero-order chi connectivity index (χ0) is 21.2. The van der Waals surface area contributed by atoms with Crippen LogP contribution in [-0.2, 0) is 15.7 Å². The summed E-state index contributed by atoms with van der Waals surface area (Å²) in [5.74, 6) is -1.55. The Bertz CT molecular complexity index is 954. The third-order valence-electron chi connectivity index (χ3n) is 4.61. The first kappa shape index (κ1) is 20.7. The average Bonchev–Trinajstić information content (AvgIpc) is 2.66. The van der Waals surface area contributed by atoms with Crippen LogP contribution in [0.2, 0.25) is 0 Å². The quantitative estimate of drug-likeness (QED) is 0.716. The van der Waals surface area contributed by atoms with Gasteiger partial charge in [0.05, 0.1) is 30.3 Å². The van der Waals surface area contributed by atoms with Gasteiger partial charge in [0.2, 0.25) is 5.88 Å². The SMILES string of the molecule is CCOC(=O)C1=C(C)Nc2ccnc(OCC)c2C1c1ccccc1C(F)(F)F. The minimum atomic E-state index is -4.59. The van der Waals surface area contributed by atoms with E-state index in [1.54, 1.807) is 26.8 Å². The maximum absolute atomic E-state index is 13.8. The van der Waals surface area contributed by atoms with E-state index in [1.165, 1.54) is 24.4 Å². The van der Waals surface area contributed by atoms with Crippen molar-refractivity contribution in [3.63, 3.8) is 0 Å². The van der Waals surface area contributed by atoms with Crippen LogP contribution >= 0.6 is 0 Å². The van der Waals surface area contributed by atoms with Crippen LogP contribution in [0.3, 0.4) is 0 Å². The lowest BCUT2D eigenvalue weighted by molar-refractivity contribution is -0.140. The van der Waals surface area contributed by atoms with Crippen LogP contribution in [0.5, 0.6) is 5.88 Å².